The van der Waals surface area contributed by atoms with Crippen molar-refractivity contribution in [1.82, 2.24) is 19.5 Å². The Morgan fingerprint density at radius 1 is 0.364 bits per heavy atom. The van der Waals surface area contributed by atoms with E-state index in [1.54, 1.807) is 0 Å². The summed E-state index contributed by atoms with van der Waals surface area (Å²) in [4.78, 5) is 15.6. The number of nitrogens with zero attached hydrogens (tertiary/aromatic N) is 4. The fraction of sp³-hybridized carbons (Fsp3) is 0.118. The van der Waals surface area contributed by atoms with Gasteiger partial charge in [0.1, 0.15) is 0 Å². The first kappa shape index (κ1) is 33.0. The van der Waals surface area contributed by atoms with Crippen LogP contribution in [0.4, 0.5) is 0 Å². The molecule has 0 saturated carbocycles. The van der Waals surface area contributed by atoms with Gasteiger partial charge in [0, 0.05) is 33.2 Å². The van der Waals surface area contributed by atoms with Crippen LogP contribution in [0.25, 0.3) is 83.9 Å². The molecule has 0 fully saturated rings. The van der Waals surface area contributed by atoms with Crippen molar-refractivity contribution in [1.29, 1.82) is 0 Å². The predicted octanol–water partition coefficient (Wildman–Crippen LogP) is 12.9. The van der Waals surface area contributed by atoms with E-state index in [-0.39, 0.29) is 10.8 Å². The highest BCUT2D eigenvalue weighted by molar-refractivity contribution is 6.10. The van der Waals surface area contributed by atoms with Gasteiger partial charge in [-0.25, -0.2) is 15.0 Å². The third-order valence-electron chi connectivity index (χ3n) is 12.2. The number of fused-ring (bicyclic) bond motifs is 6. The van der Waals surface area contributed by atoms with Crippen molar-refractivity contribution in [2.75, 3.05) is 0 Å². The molecule has 0 bridgehead atoms. The number of para-hydroxylation sites is 2. The fourth-order valence-electron chi connectivity index (χ4n) is 8.65. The van der Waals surface area contributed by atoms with E-state index in [2.05, 4.69) is 184 Å². The number of aromatic nitrogens is 4. The Morgan fingerprint density at radius 3 is 1.67 bits per heavy atom. The van der Waals surface area contributed by atoms with Crippen LogP contribution in [0.3, 0.4) is 0 Å². The second-order valence-corrected chi connectivity index (χ2v) is 15.7. The molecule has 4 nitrogen and oxygen atoms in total. The highest BCUT2D eigenvalue weighted by atomic mass is 15.0. The molecule has 0 atom stereocenters. The molecule has 0 unspecified atom stereocenters. The molecule has 4 heteroatoms. The Labute approximate surface area is 321 Å². The van der Waals surface area contributed by atoms with Gasteiger partial charge in [-0.05, 0) is 74.5 Å². The molecule has 264 valence electrons. The highest BCUT2D eigenvalue weighted by Crippen LogP contribution is 2.54. The molecule has 0 spiro atoms. The van der Waals surface area contributed by atoms with Crippen LogP contribution in [0, 0.1) is 0 Å². The van der Waals surface area contributed by atoms with E-state index in [1.165, 1.54) is 33.0 Å². The van der Waals surface area contributed by atoms with E-state index in [1.807, 2.05) is 18.2 Å². The highest BCUT2D eigenvalue weighted by Gasteiger charge is 2.45. The summed E-state index contributed by atoms with van der Waals surface area (Å²) >= 11 is 0. The predicted molar refractivity (Wildman–Crippen MR) is 227 cm³/mol. The maximum absolute atomic E-state index is 5.28. The van der Waals surface area contributed by atoms with Crippen molar-refractivity contribution in [3.63, 3.8) is 0 Å². The van der Waals surface area contributed by atoms with Gasteiger partial charge in [0.2, 0.25) is 0 Å². The molecule has 0 amide bonds. The summed E-state index contributed by atoms with van der Waals surface area (Å²) in [6, 6.07) is 60.4. The molecule has 0 N–H and O–H groups in total. The van der Waals surface area contributed by atoms with Gasteiger partial charge in [-0.15, -0.1) is 0 Å². The molecule has 9 aromatic rings. The number of hydrogen-bond donors (Lipinski definition) is 0. The summed E-state index contributed by atoms with van der Waals surface area (Å²) < 4.78 is 2.33. The van der Waals surface area contributed by atoms with Crippen LogP contribution in [0.1, 0.15) is 38.8 Å². The molecular weight excluding hydrogens is 669 g/mol. The normalized spacial score (nSPS) is 14.1. The van der Waals surface area contributed by atoms with E-state index < -0.39 is 0 Å². The van der Waals surface area contributed by atoms with Gasteiger partial charge in [-0.1, -0.05) is 167 Å². The fourth-order valence-corrected chi connectivity index (χ4v) is 8.65. The Bertz CT molecular complexity index is 2920. The van der Waals surface area contributed by atoms with Gasteiger partial charge in [-0.2, -0.15) is 0 Å². The zero-order valence-corrected chi connectivity index (χ0v) is 31.5. The SMILES string of the molecule is CC1(C)c2ccccc2-c2cc(-c3ccccc3-c3nc(-c4ccccc4)nc(-c4ccc5c6ccccc6n(-c6ccccc6)c5c4)n3)ccc2C1(C)C. The smallest absolute Gasteiger partial charge is 0.164 e. The van der Waals surface area contributed by atoms with E-state index in [0.717, 1.165) is 44.5 Å². The maximum Gasteiger partial charge on any atom is 0.164 e. The maximum atomic E-state index is 5.28. The van der Waals surface area contributed by atoms with Gasteiger partial charge < -0.3 is 4.57 Å². The standard InChI is InChI=1S/C51H40N4/c1-50(2)43-25-15-13-22-38(43)42-31-34(28-30-44(42)51(50,3)4)37-21-11-12-24-41(37)49-53-47(33-17-7-5-8-18-33)52-48(54-49)35-27-29-40-39-23-14-16-26-45(39)55(46(40)32-35)36-19-9-6-10-20-36/h5-32H,1-4H3. The molecule has 2 heterocycles. The van der Waals surface area contributed by atoms with Crippen LogP contribution in [0.15, 0.2) is 170 Å². The lowest BCUT2D eigenvalue weighted by Crippen LogP contribution is -2.43. The van der Waals surface area contributed by atoms with E-state index >= 15 is 0 Å². The van der Waals surface area contributed by atoms with Crippen molar-refractivity contribution < 1.29 is 0 Å². The Kier molecular flexibility index (Phi) is 7.47. The Morgan fingerprint density at radius 2 is 0.909 bits per heavy atom. The van der Waals surface area contributed by atoms with Crippen LogP contribution >= 0.6 is 0 Å². The molecule has 1 aliphatic rings. The molecule has 10 rings (SSSR count). The largest absolute Gasteiger partial charge is 0.309 e. The minimum absolute atomic E-state index is 0.0242. The number of rotatable bonds is 5. The van der Waals surface area contributed by atoms with Crippen molar-refractivity contribution >= 4 is 21.8 Å². The molecule has 0 radical (unpaired) electrons. The lowest BCUT2D eigenvalue weighted by atomic mass is 9.55. The van der Waals surface area contributed by atoms with Gasteiger partial charge >= 0.3 is 0 Å². The third-order valence-corrected chi connectivity index (χ3v) is 12.2. The minimum Gasteiger partial charge on any atom is -0.309 e. The van der Waals surface area contributed by atoms with Crippen molar-refractivity contribution in [3.05, 3.63) is 181 Å². The second-order valence-electron chi connectivity index (χ2n) is 15.7. The monoisotopic (exact) mass is 708 g/mol. The summed E-state index contributed by atoms with van der Waals surface area (Å²) in [7, 11) is 0. The number of benzene rings is 7. The minimum atomic E-state index is -0.0598. The number of hydrogen-bond acceptors (Lipinski definition) is 3. The molecule has 0 saturated heterocycles. The summed E-state index contributed by atoms with van der Waals surface area (Å²) in [5, 5.41) is 2.40. The van der Waals surface area contributed by atoms with Gasteiger partial charge in [0.15, 0.2) is 17.5 Å². The van der Waals surface area contributed by atoms with E-state index in [9.17, 15) is 0 Å². The molecule has 1 aliphatic carbocycles. The Hall–Kier alpha value is -6.65. The average Bonchev–Trinajstić information content (AvgIpc) is 3.57. The molecular formula is C51H40N4. The summed E-state index contributed by atoms with van der Waals surface area (Å²) in [6.45, 7) is 9.51. The van der Waals surface area contributed by atoms with Gasteiger partial charge in [0.25, 0.3) is 0 Å². The quantitative estimate of drug-likeness (QED) is 0.179. The molecule has 7 aromatic carbocycles. The summed E-state index contributed by atoms with van der Waals surface area (Å²) in [6.07, 6.45) is 0. The molecule has 0 aliphatic heterocycles. The van der Waals surface area contributed by atoms with E-state index in [4.69, 9.17) is 15.0 Å². The van der Waals surface area contributed by atoms with Crippen LogP contribution in [0.2, 0.25) is 0 Å². The zero-order chi connectivity index (χ0) is 37.3. The van der Waals surface area contributed by atoms with Crippen LogP contribution in [-0.2, 0) is 10.8 Å². The molecule has 2 aromatic heterocycles. The first-order valence-electron chi connectivity index (χ1n) is 19.0. The molecule has 55 heavy (non-hydrogen) atoms. The van der Waals surface area contributed by atoms with Crippen molar-refractivity contribution in [2.24, 2.45) is 0 Å². The van der Waals surface area contributed by atoms with Crippen LogP contribution in [-0.4, -0.2) is 19.5 Å². The van der Waals surface area contributed by atoms with Gasteiger partial charge in [0.05, 0.1) is 11.0 Å². The topological polar surface area (TPSA) is 43.6 Å². The summed E-state index contributed by atoms with van der Waals surface area (Å²) in [5.41, 5.74) is 13.7. The van der Waals surface area contributed by atoms with Crippen molar-refractivity contribution in [2.45, 2.75) is 38.5 Å². The lowest BCUT2D eigenvalue weighted by molar-refractivity contribution is 0.299. The zero-order valence-electron chi connectivity index (χ0n) is 31.5. The third kappa shape index (κ3) is 5.16. The summed E-state index contributed by atoms with van der Waals surface area (Å²) in [5.74, 6) is 1.92. The van der Waals surface area contributed by atoms with Crippen LogP contribution in [0.5, 0.6) is 0 Å². The van der Waals surface area contributed by atoms with Crippen molar-refractivity contribution in [3.8, 4) is 62.1 Å². The van der Waals surface area contributed by atoms with E-state index in [0.29, 0.717) is 17.5 Å². The first-order valence-corrected chi connectivity index (χ1v) is 19.0. The van der Waals surface area contributed by atoms with Gasteiger partial charge in [-0.3, -0.25) is 0 Å². The van der Waals surface area contributed by atoms with Crippen LogP contribution < -0.4 is 0 Å². The Balaban J connectivity index is 1.17. The average molecular weight is 709 g/mol. The first-order chi connectivity index (χ1) is 26.8. The lowest BCUT2D eigenvalue weighted by Gasteiger charge is -2.48. The second kappa shape index (κ2) is 12.5.